The molecule has 2 unspecified atom stereocenters. The number of aryl methyl sites for hydroxylation is 1. The van der Waals surface area contributed by atoms with Gasteiger partial charge in [0.1, 0.15) is 0 Å². The van der Waals surface area contributed by atoms with Crippen molar-refractivity contribution in [3.63, 3.8) is 0 Å². The molecule has 2 aromatic rings. The Hall–Kier alpha value is -1.16. The summed E-state index contributed by atoms with van der Waals surface area (Å²) in [5, 5.41) is 4.77. The summed E-state index contributed by atoms with van der Waals surface area (Å²) in [6.45, 7) is 9.84. The molecule has 2 atom stereocenters. The van der Waals surface area contributed by atoms with Gasteiger partial charge in [0, 0.05) is 42.8 Å². The van der Waals surface area contributed by atoms with E-state index in [1.54, 1.807) is 0 Å². The SMILES string of the molecule is Cc1ccc2cc(CN3CCNC(C)C3C)ccc2n1.Cl. The average Bonchev–Trinajstić information content (AvgIpc) is 2.44. The van der Waals surface area contributed by atoms with E-state index in [1.165, 1.54) is 10.9 Å². The van der Waals surface area contributed by atoms with E-state index in [0.717, 1.165) is 30.8 Å². The van der Waals surface area contributed by atoms with Crippen molar-refractivity contribution in [3.05, 3.63) is 41.6 Å². The molecular weight excluding hydrogens is 282 g/mol. The molecule has 21 heavy (non-hydrogen) atoms. The molecule has 0 saturated carbocycles. The zero-order valence-electron chi connectivity index (χ0n) is 13.0. The first-order chi connectivity index (χ1) is 9.63. The molecular formula is C17H24ClN3. The maximum absolute atomic E-state index is 4.57. The molecule has 1 aliphatic heterocycles. The first-order valence-corrected chi connectivity index (χ1v) is 7.47. The summed E-state index contributed by atoms with van der Waals surface area (Å²) in [6.07, 6.45) is 0. The highest BCUT2D eigenvalue weighted by Gasteiger charge is 2.23. The van der Waals surface area contributed by atoms with Crippen LogP contribution in [0.15, 0.2) is 30.3 Å². The summed E-state index contributed by atoms with van der Waals surface area (Å²) >= 11 is 0. The lowest BCUT2D eigenvalue weighted by Gasteiger charge is -2.38. The molecule has 2 heterocycles. The summed E-state index contributed by atoms with van der Waals surface area (Å²) in [7, 11) is 0. The first-order valence-electron chi connectivity index (χ1n) is 7.47. The second kappa shape index (κ2) is 6.73. The van der Waals surface area contributed by atoms with Gasteiger partial charge in [-0.1, -0.05) is 12.1 Å². The van der Waals surface area contributed by atoms with Crippen LogP contribution in [0, 0.1) is 6.92 Å². The van der Waals surface area contributed by atoms with Crippen LogP contribution in [-0.4, -0.2) is 35.1 Å². The van der Waals surface area contributed by atoms with Crippen molar-refractivity contribution in [1.29, 1.82) is 0 Å². The Morgan fingerprint density at radius 3 is 2.86 bits per heavy atom. The highest BCUT2D eigenvalue weighted by molar-refractivity contribution is 5.85. The van der Waals surface area contributed by atoms with Gasteiger partial charge in [0.2, 0.25) is 0 Å². The van der Waals surface area contributed by atoms with Crippen LogP contribution >= 0.6 is 12.4 Å². The number of hydrogen-bond acceptors (Lipinski definition) is 3. The van der Waals surface area contributed by atoms with Gasteiger partial charge in [0.25, 0.3) is 0 Å². The van der Waals surface area contributed by atoms with Crippen molar-refractivity contribution in [1.82, 2.24) is 15.2 Å². The molecule has 114 valence electrons. The predicted octanol–water partition coefficient (Wildman–Crippen LogP) is 3.15. The zero-order valence-corrected chi connectivity index (χ0v) is 13.8. The maximum atomic E-state index is 4.57. The number of nitrogens with zero attached hydrogens (tertiary/aromatic N) is 2. The van der Waals surface area contributed by atoms with E-state index in [4.69, 9.17) is 0 Å². The lowest BCUT2D eigenvalue weighted by atomic mass is 10.0. The van der Waals surface area contributed by atoms with Gasteiger partial charge < -0.3 is 5.32 Å². The number of halogens is 1. The van der Waals surface area contributed by atoms with Crippen molar-refractivity contribution in [2.24, 2.45) is 0 Å². The second-order valence-corrected chi connectivity index (χ2v) is 5.93. The van der Waals surface area contributed by atoms with Gasteiger partial charge in [0.15, 0.2) is 0 Å². The molecule has 1 fully saturated rings. The fourth-order valence-corrected chi connectivity index (χ4v) is 2.96. The summed E-state index contributed by atoms with van der Waals surface area (Å²) in [5.74, 6) is 0. The third-order valence-electron chi connectivity index (χ3n) is 4.44. The fraction of sp³-hybridized carbons (Fsp3) is 0.471. The van der Waals surface area contributed by atoms with Crippen LogP contribution in [0.5, 0.6) is 0 Å². The topological polar surface area (TPSA) is 28.2 Å². The number of benzene rings is 1. The second-order valence-electron chi connectivity index (χ2n) is 5.93. The van der Waals surface area contributed by atoms with Crippen LogP contribution < -0.4 is 5.32 Å². The van der Waals surface area contributed by atoms with E-state index in [-0.39, 0.29) is 12.4 Å². The van der Waals surface area contributed by atoms with E-state index in [1.807, 2.05) is 6.92 Å². The van der Waals surface area contributed by atoms with Gasteiger partial charge in [0.05, 0.1) is 5.52 Å². The summed E-state index contributed by atoms with van der Waals surface area (Å²) in [5.41, 5.74) is 3.55. The molecule has 1 N–H and O–H groups in total. The normalized spacial score (nSPS) is 23.0. The number of rotatable bonds is 2. The highest BCUT2D eigenvalue weighted by Crippen LogP contribution is 2.18. The van der Waals surface area contributed by atoms with Crippen molar-refractivity contribution in [3.8, 4) is 0 Å². The van der Waals surface area contributed by atoms with Crippen LogP contribution in [0.25, 0.3) is 10.9 Å². The quantitative estimate of drug-likeness (QED) is 0.924. The average molecular weight is 306 g/mol. The van der Waals surface area contributed by atoms with Gasteiger partial charge in [-0.2, -0.15) is 0 Å². The van der Waals surface area contributed by atoms with Crippen LogP contribution in [-0.2, 0) is 6.54 Å². The Morgan fingerprint density at radius 1 is 1.24 bits per heavy atom. The summed E-state index contributed by atoms with van der Waals surface area (Å²) < 4.78 is 0. The number of piperazine rings is 1. The van der Waals surface area contributed by atoms with Gasteiger partial charge in [-0.15, -0.1) is 12.4 Å². The molecule has 4 heteroatoms. The molecule has 3 nitrogen and oxygen atoms in total. The van der Waals surface area contributed by atoms with Gasteiger partial charge in [-0.25, -0.2) is 0 Å². The molecule has 0 spiro atoms. The van der Waals surface area contributed by atoms with E-state index in [2.05, 4.69) is 59.4 Å². The summed E-state index contributed by atoms with van der Waals surface area (Å²) in [4.78, 5) is 7.13. The Morgan fingerprint density at radius 2 is 2.05 bits per heavy atom. The van der Waals surface area contributed by atoms with Gasteiger partial charge >= 0.3 is 0 Å². The van der Waals surface area contributed by atoms with Crippen LogP contribution in [0.1, 0.15) is 25.1 Å². The molecule has 0 bridgehead atoms. The third kappa shape index (κ3) is 3.54. The van der Waals surface area contributed by atoms with Crippen molar-refractivity contribution in [2.75, 3.05) is 13.1 Å². The summed E-state index contributed by atoms with van der Waals surface area (Å²) in [6, 6.07) is 12.0. The molecule has 1 aliphatic rings. The van der Waals surface area contributed by atoms with E-state index in [0.29, 0.717) is 12.1 Å². The maximum Gasteiger partial charge on any atom is 0.0705 e. The Balaban J connectivity index is 0.00000161. The predicted molar refractivity (Wildman–Crippen MR) is 91.1 cm³/mol. The molecule has 0 radical (unpaired) electrons. The standard InChI is InChI=1S/C17H23N3.ClH/c1-12-4-6-16-10-15(5-7-17(16)19-12)11-20-9-8-18-13(2)14(20)3;/h4-7,10,13-14,18H,8-9,11H2,1-3H3;1H. The Labute approximate surface area is 133 Å². The smallest absolute Gasteiger partial charge is 0.0705 e. The van der Waals surface area contributed by atoms with E-state index < -0.39 is 0 Å². The highest BCUT2D eigenvalue weighted by atomic mass is 35.5. The monoisotopic (exact) mass is 305 g/mol. The molecule has 1 saturated heterocycles. The first kappa shape index (κ1) is 16.2. The number of pyridine rings is 1. The fourth-order valence-electron chi connectivity index (χ4n) is 2.96. The zero-order chi connectivity index (χ0) is 14.1. The minimum Gasteiger partial charge on any atom is -0.311 e. The van der Waals surface area contributed by atoms with Crippen LogP contribution in [0.2, 0.25) is 0 Å². The van der Waals surface area contributed by atoms with Gasteiger partial charge in [-0.05, 0) is 44.5 Å². The largest absolute Gasteiger partial charge is 0.311 e. The molecule has 0 aliphatic carbocycles. The lowest BCUT2D eigenvalue weighted by Crippen LogP contribution is -2.54. The van der Waals surface area contributed by atoms with Crippen molar-refractivity contribution < 1.29 is 0 Å². The molecule has 0 amide bonds. The lowest BCUT2D eigenvalue weighted by molar-refractivity contribution is 0.131. The van der Waals surface area contributed by atoms with Crippen molar-refractivity contribution in [2.45, 2.75) is 39.4 Å². The minimum absolute atomic E-state index is 0. The van der Waals surface area contributed by atoms with Crippen molar-refractivity contribution >= 4 is 23.3 Å². The van der Waals surface area contributed by atoms with E-state index >= 15 is 0 Å². The Kier molecular flexibility index (Phi) is 5.20. The molecule has 1 aromatic carbocycles. The number of hydrogen-bond donors (Lipinski definition) is 1. The molecule has 3 rings (SSSR count). The van der Waals surface area contributed by atoms with Gasteiger partial charge in [-0.3, -0.25) is 9.88 Å². The number of nitrogens with one attached hydrogen (secondary N) is 1. The number of fused-ring (bicyclic) bond motifs is 1. The van der Waals surface area contributed by atoms with E-state index in [9.17, 15) is 0 Å². The van der Waals surface area contributed by atoms with Crippen LogP contribution in [0.4, 0.5) is 0 Å². The number of aromatic nitrogens is 1. The van der Waals surface area contributed by atoms with Crippen LogP contribution in [0.3, 0.4) is 0 Å². The molecule has 1 aromatic heterocycles. The third-order valence-corrected chi connectivity index (χ3v) is 4.44. The minimum atomic E-state index is 0. The Bertz CT molecular complexity index is 614.